The Hall–Kier alpha value is -1.37. The second kappa shape index (κ2) is 9.36. The van der Waals surface area contributed by atoms with Crippen LogP contribution < -0.4 is 5.32 Å². The van der Waals surface area contributed by atoms with E-state index in [2.05, 4.69) is 45.5 Å². The Morgan fingerprint density at radius 1 is 1.40 bits per heavy atom. The zero-order valence-corrected chi connectivity index (χ0v) is 16.2. The molecule has 2 aromatic rings. The number of nitrogens with one attached hydrogen (secondary N) is 1. The average Bonchev–Trinajstić information content (AvgIpc) is 3.05. The number of hydrogen-bond donors (Lipinski definition) is 1. The van der Waals surface area contributed by atoms with Crippen molar-refractivity contribution in [1.82, 2.24) is 15.2 Å². The van der Waals surface area contributed by atoms with E-state index in [0.717, 1.165) is 48.9 Å². The Morgan fingerprint density at radius 2 is 2.24 bits per heavy atom. The highest BCUT2D eigenvalue weighted by Gasteiger charge is 2.21. The van der Waals surface area contributed by atoms with Crippen molar-refractivity contribution in [2.45, 2.75) is 36.6 Å². The summed E-state index contributed by atoms with van der Waals surface area (Å²) in [6.45, 7) is 5.13. The molecule has 1 amide bonds. The maximum Gasteiger partial charge on any atom is 0.230 e. The molecule has 0 spiro atoms. The third kappa shape index (κ3) is 6.13. The summed E-state index contributed by atoms with van der Waals surface area (Å²) in [6.07, 6.45) is 3.30. The fourth-order valence-electron chi connectivity index (χ4n) is 3.10. The molecule has 0 aliphatic carbocycles. The molecule has 3 rings (SSSR count). The molecule has 0 bridgehead atoms. The minimum atomic E-state index is 0.118. The highest BCUT2D eigenvalue weighted by molar-refractivity contribution is 8.01. The molecule has 1 aromatic carbocycles. The summed E-state index contributed by atoms with van der Waals surface area (Å²) in [5, 5.41) is 5.22. The van der Waals surface area contributed by atoms with E-state index in [0.29, 0.717) is 5.75 Å². The van der Waals surface area contributed by atoms with Crippen LogP contribution in [0.4, 0.5) is 0 Å². The van der Waals surface area contributed by atoms with Crippen LogP contribution in [0.2, 0.25) is 0 Å². The Labute approximate surface area is 158 Å². The van der Waals surface area contributed by atoms with Gasteiger partial charge in [0, 0.05) is 30.2 Å². The third-order valence-corrected chi connectivity index (χ3v) is 6.49. The van der Waals surface area contributed by atoms with Crippen molar-refractivity contribution in [2.24, 2.45) is 0 Å². The molecule has 0 saturated carbocycles. The first-order valence-corrected chi connectivity index (χ1v) is 10.7. The quantitative estimate of drug-likeness (QED) is 0.754. The van der Waals surface area contributed by atoms with Gasteiger partial charge in [0.2, 0.25) is 5.91 Å². The summed E-state index contributed by atoms with van der Waals surface area (Å²) < 4.78 is 0.973. The highest BCUT2D eigenvalue weighted by atomic mass is 32.2. The van der Waals surface area contributed by atoms with Gasteiger partial charge in [-0.3, -0.25) is 4.79 Å². The number of nitrogens with zero attached hydrogens (tertiary/aromatic N) is 2. The zero-order chi connectivity index (χ0) is 17.5. The molecule has 1 fully saturated rings. The van der Waals surface area contributed by atoms with Crippen LogP contribution in [0.15, 0.2) is 40.1 Å². The van der Waals surface area contributed by atoms with Gasteiger partial charge in [-0.25, -0.2) is 4.98 Å². The van der Waals surface area contributed by atoms with Crippen LogP contribution in [0, 0.1) is 6.92 Å². The van der Waals surface area contributed by atoms with E-state index in [-0.39, 0.29) is 11.9 Å². The Kier molecular flexibility index (Phi) is 6.90. The van der Waals surface area contributed by atoms with E-state index in [1.54, 1.807) is 11.3 Å². The summed E-state index contributed by atoms with van der Waals surface area (Å²) in [7, 11) is 0. The number of hydrogen-bond acceptors (Lipinski definition) is 5. The Bertz CT molecular complexity index is 674. The number of thioether (sulfide) groups is 1. The molecule has 4 nitrogen and oxygen atoms in total. The van der Waals surface area contributed by atoms with Crippen molar-refractivity contribution in [3.8, 4) is 0 Å². The fraction of sp³-hybridized carbons (Fsp3) is 0.474. The molecule has 0 unspecified atom stereocenters. The van der Waals surface area contributed by atoms with Gasteiger partial charge in [-0.15, -0.1) is 11.3 Å². The first-order chi connectivity index (χ1) is 12.2. The van der Waals surface area contributed by atoms with Gasteiger partial charge in [-0.05, 0) is 38.3 Å². The number of thiazole rings is 1. The number of aromatic nitrogens is 1. The molecule has 1 aliphatic heterocycles. The number of rotatable bonds is 7. The summed E-state index contributed by atoms with van der Waals surface area (Å²) in [6, 6.07) is 10.9. The molecular weight excluding hydrogens is 350 g/mol. The average molecular weight is 376 g/mol. The number of carbonyl (C=O) groups excluding carboxylic acids is 1. The van der Waals surface area contributed by atoms with E-state index in [1.807, 2.05) is 12.3 Å². The van der Waals surface area contributed by atoms with E-state index in [1.165, 1.54) is 17.3 Å². The minimum absolute atomic E-state index is 0.118. The van der Waals surface area contributed by atoms with Crippen molar-refractivity contribution in [1.29, 1.82) is 0 Å². The van der Waals surface area contributed by atoms with Gasteiger partial charge in [0.05, 0.1) is 5.75 Å². The van der Waals surface area contributed by atoms with Gasteiger partial charge in [-0.1, -0.05) is 42.1 Å². The molecule has 1 saturated heterocycles. The number of likely N-dealkylation sites (tertiary alicyclic amines) is 1. The smallest absolute Gasteiger partial charge is 0.230 e. The SMILES string of the molecule is Cc1csc(SCC(=O)N[C@H]2CCCN(CCc3ccccc3)C2)n1. The maximum atomic E-state index is 12.2. The lowest BCUT2D eigenvalue weighted by Crippen LogP contribution is -2.48. The molecule has 2 heterocycles. The van der Waals surface area contributed by atoms with Gasteiger partial charge < -0.3 is 10.2 Å². The fourth-order valence-corrected chi connectivity index (χ4v) is 4.76. The maximum absolute atomic E-state index is 12.2. The normalized spacial score (nSPS) is 18.2. The van der Waals surface area contributed by atoms with E-state index >= 15 is 0 Å². The van der Waals surface area contributed by atoms with E-state index in [9.17, 15) is 4.79 Å². The van der Waals surface area contributed by atoms with Crippen molar-refractivity contribution in [3.63, 3.8) is 0 Å². The second-order valence-electron chi connectivity index (χ2n) is 6.49. The number of aryl methyl sites for hydroxylation is 1. The van der Waals surface area contributed by atoms with Gasteiger partial charge in [0.25, 0.3) is 0 Å². The van der Waals surface area contributed by atoms with Crippen LogP contribution in [0.1, 0.15) is 24.1 Å². The molecule has 1 atom stereocenters. The van der Waals surface area contributed by atoms with E-state index in [4.69, 9.17) is 0 Å². The molecule has 134 valence electrons. The summed E-state index contributed by atoms with van der Waals surface area (Å²) >= 11 is 3.13. The van der Waals surface area contributed by atoms with Crippen LogP contribution in [-0.4, -0.2) is 47.2 Å². The number of benzene rings is 1. The van der Waals surface area contributed by atoms with Gasteiger partial charge >= 0.3 is 0 Å². The van der Waals surface area contributed by atoms with Gasteiger partial charge in [0.1, 0.15) is 0 Å². The molecular formula is C19H25N3OS2. The Morgan fingerprint density at radius 3 is 3.00 bits per heavy atom. The summed E-state index contributed by atoms with van der Waals surface area (Å²) in [5.74, 6) is 0.570. The lowest BCUT2D eigenvalue weighted by Gasteiger charge is -2.33. The van der Waals surface area contributed by atoms with Crippen molar-refractivity contribution < 1.29 is 4.79 Å². The van der Waals surface area contributed by atoms with Crippen LogP contribution in [-0.2, 0) is 11.2 Å². The van der Waals surface area contributed by atoms with Crippen LogP contribution in [0.5, 0.6) is 0 Å². The van der Waals surface area contributed by atoms with Crippen LogP contribution >= 0.6 is 23.1 Å². The number of amides is 1. The molecule has 1 aliphatic rings. The lowest BCUT2D eigenvalue weighted by molar-refractivity contribution is -0.119. The number of piperidine rings is 1. The second-order valence-corrected chi connectivity index (χ2v) is 8.57. The Balaban J connectivity index is 1.39. The highest BCUT2D eigenvalue weighted by Crippen LogP contribution is 2.22. The van der Waals surface area contributed by atoms with Gasteiger partial charge in [-0.2, -0.15) is 0 Å². The van der Waals surface area contributed by atoms with E-state index < -0.39 is 0 Å². The molecule has 1 aromatic heterocycles. The van der Waals surface area contributed by atoms with Gasteiger partial charge in [0.15, 0.2) is 4.34 Å². The summed E-state index contributed by atoms with van der Waals surface area (Å²) in [4.78, 5) is 19.1. The van der Waals surface area contributed by atoms with Crippen LogP contribution in [0.25, 0.3) is 0 Å². The van der Waals surface area contributed by atoms with Crippen molar-refractivity contribution in [3.05, 3.63) is 47.0 Å². The standard InChI is InChI=1S/C19H25N3OS2/c1-15-13-24-19(20-15)25-14-18(23)21-17-8-5-10-22(12-17)11-9-16-6-3-2-4-7-16/h2-4,6-7,13,17H,5,8-12,14H2,1H3,(H,21,23)/t17-/m0/s1. The number of carbonyl (C=O) groups is 1. The zero-order valence-electron chi connectivity index (χ0n) is 14.6. The monoisotopic (exact) mass is 375 g/mol. The first kappa shape index (κ1) is 18.4. The molecule has 6 heteroatoms. The first-order valence-electron chi connectivity index (χ1n) is 8.79. The summed E-state index contributed by atoms with van der Waals surface area (Å²) in [5.41, 5.74) is 2.40. The molecule has 25 heavy (non-hydrogen) atoms. The van der Waals surface area contributed by atoms with Crippen LogP contribution in [0.3, 0.4) is 0 Å². The van der Waals surface area contributed by atoms with Crippen molar-refractivity contribution >= 4 is 29.0 Å². The lowest BCUT2D eigenvalue weighted by atomic mass is 10.0. The molecule has 1 N–H and O–H groups in total. The van der Waals surface area contributed by atoms with Crippen molar-refractivity contribution in [2.75, 3.05) is 25.4 Å². The minimum Gasteiger partial charge on any atom is -0.351 e. The molecule has 0 radical (unpaired) electrons. The topological polar surface area (TPSA) is 45.2 Å². The third-order valence-electron chi connectivity index (χ3n) is 4.35. The predicted octanol–water partition coefficient (Wildman–Crippen LogP) is 3.37. The predicted molar refractivity (Wildman–Crippen MR) is 105 cm³/mol. The largest absolute Gasteiger partial charge is 0.351 e.